The number of rotatable bonds is 4. The van der Waals surface area contributed by atoms with Crippen molar-refractivity contribution in [2.75, 3.05) is 19.6 Å². The number of nitrogens with one attached hydrogen (secondary N) is 1. The molecule has 1 atom stereocenters. The summed E-state index contributed by atoms with van der Waals surface area (Å²) in [7, 11) is 0. The van der Waals surface area contributed by atoms with Gasteiger partial charge in [0.05, 0.1) is 12.6 Å². The molecular formula is C17H25BrN2O. The van der Waals surface area contributed by atoms with Gasteiger partial charge in [0.25, 0.3) is 0 Å². The van der Waals surface area contributed by atoms with Gasteiger partial charge in [0.15, 0.2) is 0 Å². The van der Waals surface area contributed by atoms with Gasteiger partial charge in [0.2, 0.25) is 5.91 Å². The number of amides is 1. The summed E-state index contributed by atoms with van der Waals surface area (Å²) in [5.41, 5.74) is 1.12. The highest BCUT2D eigenvalue weighted by atomic mass is 79.9. The van der Waals surface area contributed by atoms with E-state index in [0.29, 0.717) is 6.54 Å². The molecule has 1 aromatic carbocycles. The van der Waals surface area contributed by atoms with E-state index < -0.39 is 0 Å². The lowest BCUT2D eigenvalue weighted by molar-refractivity contribution is -0.123. The van der Waals surface area contributed by atoms with E-state index in [0.717, 1.165) is 23.1 Å². The minimum atomic E-state index is 0.0304. The van der Waals surface area contributed by atoms with E-state index in [1.807, 2.05) is 31.2 Å². The SMILES string of the molecule is C[C@@H](NC(=O)CN1CCCCCCC1)c1ccccc1Br. The smallest absolute Gasteiger partial charge is 0.234 e. The summed E-state index contributed by atoms with van der Waals surface area (Å²) in [5.74, 6) is 0.124. The maximum Gasteiger partial charge on any atom is 0.234 e. The van der Waals surface area contributed by atoms with Crippen LogP contribution in [0.2, 0.25) is 0 Å². The van der Waals surface area contributed by atoms with Gasteiger partial charge in [-0.25, -0.2) is 0 Å². The van der Waals surface area contributed by atoms with E-state index in [1.54, 1.807) is 0 Å². The molecule has 2 rings (SSSR count). The Bertz CT molecular complexity index is 456. The van der Waals surface area contributed by atoms with Crippen LogP contribution in [-0.2, 0) is 4.79 Å². The molecule has 0 saturated carbocycles. The second-order valence-corrected chi connectivity index (χ2v) is 6.71. The van der Waals surface area contributed by atoms with Crippen molar-refractivity contribution >= 4 is 21.8 Å². The maximum atomic E-state index is 12.2. The summed E-state index contributed by atoms with van der Waals surface area (Å²) in [5, 5.41) is 3.11. The van der Waals surface area contributed by atoms with Crippen molar-refractivity contribution in [3.8, 4) is 0 Å². The molecule has 0 unspecified atom stereocenters. The lowest BCUT2D eigenvalue weighted by atomic mass is 10.1. The van der Waals surface area contributed by atoms with Crippen LogP contribution in [0.5, 0.6) is 0 Å². The van der Waals surface area contributed by atoms with Gasteiger partial charge >= 0.3 is 0 Å². The summed E-state index contributed by atoms with van der Waals surface area (Å²) in [4.78, 5) is 14.5. The molecule has 0 spiro atoms. The van der Waals surface area contributed by atoms with E-state index in [4.69, 9.17) is 0 Å². The Morgan fingerprint density at radius 2 is 1.81 bits per heavy atom. The minimum absolute atomic E-state index is 0.0304. The van der Waals surface area contributed by atoms with Gasteiger partial charge in [-0.1, -0.05) is 53.4 Å². The van der Waals surface area contributed by atoms with Crippen LogP contribution < -0.4 is 5.32 Å². The monoisotopic (exact) mass is 352 g/mol. The summed E-state index contributed by atoms with van der Waals surface area (Å²) in [6.45, 7) is 4.66. The predicted molar refractivity (Wildman–Crippen MR) is 90.2 cm³/mol. The van der Waals surface area contributed by atoms with Crippen LogP contribution in [0.15, 0.2) is 28.7 Å². The molecule has 3 nitrogen and oxygen atoms in total. The number of halogens is 1. The highest BCUT2D eigenvalue weighted by Crippen LogP contribution is 2.22. The normalized spacial score (nSPS) is 18.6. The number of carbonyl (C=O) groups excluding carboxylic acids is 1. The van der Waals surface area contributed by atoms with E-state index in [-0.39, 0.29) is 11.9 Å². The second kappa shape index (κ2) is 8.54. The molecule has 1 N–H and O–H groups in total. The molecule has 1 heterocycles. The van der Waals surface area contributed by atoms with Crippen LogP contribution in [0.1, 0.15) is 50.6 Å². The molecule has 0 aliphatic carbocycles. The Balaban J connectivity index is 1.84. The van der Waals surface area contributed by atoms with Gasteiger partial charge in [-0.3, -0.25) is 9.69 Å². The zero-order valence-electron chi connectivity index (χ0n) is 12.8. The van der Waals surface area contributed by atoms with Crippen molar-refractivity contribution < 1.29 is 4.79 Å². The molecule has 116 valence electrons. The number of carbonyl (C=O) groups is 1. The van der Waals surface area contributed by atoms with Crippen LogP contribution in [0.4, 0.5) is 0 Å². The number of likely N-dealkylation sites (tertiary alicyclic amines) is 1. The first kappa shape index (κ1) is 16.5. The van der Waals surface area contributed by atoms with Crippen molar-refractivity contribution in [1.29, 1.82) is 0 Å². The highest BCUT2D eigenvalue weighted by molar-refractivity contribution is 9.10. The zero-order chi connectivity index (χ0) is 15.1. The van der Waals surface area contributed by atoms with Crippen LogP contribution in [-0.4, -0.2) is 30.4 Å². The van der Waals surface area contributed by atoms with Crippen molar-refractivity contribution in [3.63, 3.8) is 0 Å². The summed E-state index contributed by atoms with van der Waals surface area (Å²) in [6, 6.07) is 8.08. The molecule has 4 heteroatoms. The van der Waals surface area contributed by atoms with Gasteiger partial charge in [-0.05, 0) is 44.5 Å². The molecular weight excluding hydrogens is 328 g/mol. The first-order valence-electron chi connectivity index (χ1n) is 7.93. The van der Waals surface area contributed by atoms with Crippen molar-refractivity contribution in [1.82, 2.24) is 10.2 Å². The number of hydrogen-bond acceptors (Lipinski definition) is 2. The molecule has 0 bridgehead atoms. The molecule has 0 radical (unpaired) electrons. The fourth-order valence-electron chi connectivity index (χ4n) is 2.87. The lowest BCUT2D eigenvalue weighted by Crippen LogP contribution is -2.39. The van der Waals surface area contributed by atoms with Crippen molar-refractivity contribution in [2.24, 2.45) is 0 Å². The number of nitrogens with zero attached hydrogens (tertiary/aromatic N) is 1. The Labute approximate surface area is 136 Å². The highest BCUT2D eigenvalue weighted by Gasteiger charge is 2.15. The van der Waals surface area contributed by atoms with Crippen LogP contribution in [0.25, 0.3) is 0 Å². The van der Waals surface area contributed by atoms with E-state index in [9.17, 15) is 4.79 Å². The fourth-order valence-corrected chi connectivity index (χ4v) is 3.49. The maximum absolute atomic E-state index is 12.2. The van der Waals surface area contributed by atoms with Gasteiger partial charge in [-0.2, -0.15) is 0 Å². The molecule has 1 aromatic rings. The van der Waals surface area contributed by atoms with Gasteiger partial charge in [0.1, 0.15) is 0 Å². The van der Waals surface area contributed by atoms with Gasteiger partial charge in [-0.15, -0.1) is 0 Å². The van der Waals surface area contributed by atoms with Gasteiger partial charge in [0, 0.05) is 4.47 Å². The Morgan fingerprint density at radius 1 is 1.19 bits per heavy atom. The van der Waals surface area contributed by atoms with E-state index in [1.165, 1.54) is 32.1 Å². The Morgan fingerprint density at radius 3 is 2.48 bits per heavy atom. The molecule has 1 aliphatic heterocycles. The van der Waals surface area contributed by atoms with Crippen molar-refractivity contribution in [3.05, 3.63) is 34.3 Å². The molecule has 1 aliphatic rings. The number of hydrogen-bond donors (Lipinski definition) is 1. The third-order valence-corrected chi connectivity index (χ3v) is 4.79. The quantitative estimate of drug-likeness (QED) is 0.891. The van der Waals surface area contributed by atoms with Crippen molar-refractivity contribution in [2.45, 2.75) is 45.1 Å². The fraction of sp³-hybridized carbons (Fsp3) is 0.588. The molecule has 0 aromatic heterocycles. The minimum Gasteiger partial charge on any atom is -0.348 e. The first-order valence-corrected chi connectivity index (χ1v) is 8.72. The molecule has 21 heavy (non-hydrogen) atoms. The largest absolute Gasteiger partial charge is 0.348 e. The first-order chi connectivity index (χ1) is 10.2. The molecule has 1 amide bonds. The van der Waals surface area contributed by atoms with Gasteiger partial charge < -0.3 is 5.32 Å². The third kappa shape index (κ3) is 5.44. The lowest BCUT2D eigenvalue weighted by Gasteiger charge is -2.25. The molecule has 1 fully saturated rings. The van der Waals surface area contributed by atoms with Crippen LogP contribution in [0, 0.1) is 0 Å². The standard InChI is InChI=1S/C17H25BrN2O/c1-14(15-9-5-6-10-16(15)18)19-17(21)13-20-11-7-3-2-4-8-12-20/h5-6,9-10,14H,2-4,7-8,11-13H2,1H3,(H,19,21)/t14-/m1/s1. The van der Waals surface area contributed by atoms with E-state index in [2.05, 4.69) is 26.1 Å². The Kier molecular flexibility index (Phi) is 6.71. The average Bonchev–Trinajstić information content (AvgIpc) is 2.42. The summed E-state index contributed by atoms with van der Waals surface area (Å²) in [6.07, 6.45) is 6.37. The molecule has 1 saturated heterocycles. The second-order valence-electron chi connectivity index (χ2n) is 5.85. The average molecular weight is 353 g/mol. The van der Waals surface area contributed by atoms with Crippen LogP contribution >= 0.6 is 15.9 Å². The summed E-state index contributed by atoms with van der Waals surface area (Å²) < 4.78 is 1.05. The Hall–Kier alpha value is -0.870. The summed E-state index contributed by atoms with van der Waals surface area (Å²) >= 11 is 3.54. The predicted octanol–water partition coefficient (Wildman–Crippen LogP) is 3.89. The topological polar surface area (TPSA) is 32.3 Å². The van der Waals surface area contributed by atoms with Crippen LogP contribution in [0.3, 0.4) is 0 Å². The zero-order valence-corrected chi connectivity index (χ0v) is 14.4. The third-order valence-electron chi connectivity index (χ3n) is 4.07. The number of benzene rings is 1. The van der Waals surface area contributed by atoms with E-state index >= 15 is 0 Å².